The molecular weight excluding hydrogens is 120 g/mol. The van der Waals surface area contributed by atoms with Crippen LogP contribution in [-0.4, -0.2) is 23.3 Å². The van der Waals surface area contributed by atoms with Crippen LogP contribution in [0.25, 0.3) is 0 Å². The van der Waals surface area contributed by atoms with Crippen molar-refractivity contribution in [2.24, 2.45) is 0 Å². The molecule has 3 nitrogen and oxygen atoms in total. The first-order chi connectivity index (χ1) is 4.24. The Morgan fingerprint density at radius 1 is 1.89 bits per heavy atom. The van der Waals surface area contributed by atoms with Crippen molar-refractivity contribution < 1.29 is 14.6 Å². The number of carboxylic acids is 1. The lowest BCUT2D eigenvalue weighted by atomic mass is 10.2. The zero-order chi connectivity index (χ0) is 6.85. The van der Waals surface area contributed by atoms with Gasteiger partial charge in [-0.15, -0.1) is 6.58 Å². The lowest BCUT2D eigenvalue weighted by molar-refractivity contribution is -0.137. The second-order valence-electron chi connectivity index (χ2n) is 1.97. The van der Waals surface area contributed by atoms with Crippen LogP contribution in [0.1, 0.15) is 6.42 Å². The highest BCUT2D eigenvalue weighted by Crippen LogP contribution is 2.25. The molecule has 1 aliphatic heterocycles. The predicted octanol–water partition coefficient (Wildman–Crippen LogP) is 0.414. The molecule has 1 fully saturated rings. The number of ether oxygens (including phenoxy) is 1. The van der Waals surface area contributed by atoms with Gasteiger partial charge in [0, 0.05) is 0 Å². The molecule has 0 aromatic rings. The fraction of sp³-hybridized carbons (Fsp3) is 0.500. The normalized spacial score (nSPS) is 31.6. The number of epoxide rings is 1. The Kier molecular flexibility index (Phi) is 1.53. The van der Waals surface area contributed by atoms with Gasteiger partial charge in [-0.3, -0.25) is 4.79 Å². The summed E-state index contributed by atoms with van der Waals surface area (Å²) in [5.74, 6) is -0.815. The van der Waals surface area contributed by atoms with Crippen molar-refractivity contribution in [1.29, 1.82) is 0 Å². The van der Waals surface area contributed by atoms with Gasteiger partial charge in [0.1, 0.15) is 6.10 Å². The Morgan fingerprint density at radius 2 is 2.56 bits per heavy atom. The predicted molar refractivity (Wildman–Crippen MR) is 31.1 cm³/mol. The maximum Gasteiger partial charge on any atom is 0.306 e. The van der Waals surface area contributed by atoms with E-state index in [2.05, 4.69) is 6.58 Å². The van der Waals surface area contributed by atoms with Gasteiger partial charge < -0.3 is 9.84 Å². The fourth-order valence-electron chi connectivity index (χ4n) is 0.700. The minimum atomic E-state index is -0.815. The van der Waals surface area contributed by atoms with Crippen LogP contribution in [0.3, 0.4) is 0 Å². The summed E-state index contributed by atoms with van der Waals surface area (Å²) < 4.78 is 4.88. The molecule has 0 saturated carbocycles. The number of carboxylic acid groups (broad SMARTS) is 1. The van der Waals surface area contributed by atoms with E-state index in [0.717, 1.165) is 0 Å². The second kappa shape index (κ2) is 2.19. The first kappa shape index (κ1) is 6.29. The first-order valence-corrected chi connectivity index (χ1v) is 2.74. The van der Waals surface area contributed by atoms with Gasteiger partial charge in [0.15, 0.2) is 0 Å². The summed E-state index contributed by atoms with van der Waals surface area (Å²) in [5, 5.41) is 8.22. The van der Waals surface area contributed by atoms with E-state index >= 15 is 0 Å². The molecule has 50 valence electrons. The van der Waals surface area contributed by atoms with E-state index in [1.165, 1.54) is 0 Å². The van der Waals surface area contributed by atoms with Crippen molar-refractivity contribution in [3.8, 4) is 0 Å². The summed E-state index contributed by atoms with van der Waals surface area (Å²) >= 11 is 0. The van der Waals surface area contributed by atoms with E-state index in [0.29, 0.717) is 0 Å². The van der Waals surface area contributed by atoms with Crippen molar-refractivity contribution >= 4 is 5.97 Å². The van der Waals surface area contributed by atoms with Crippen molar-refractivity contribution in [1.82, 2.24) is 0 Å². The highest BCUT2D eigenvalue weighted by atomic mass is 16.6. The molecule has 0 aromatic carbocycles. The Hall–Kier alpha value is -0.830. The van der Waals surface area contributed by atoms with E-state index in [1.54, 1.807) is 6.08 Å². The third kappa shape index (κ3) is 1.54. The second-order valence-corrected chi connectivity index (χ2v) is 1.97. The van der Waals surface area contributed by atoms with Crippen LogP contribution in [0.5, 0.6) is 0 Å². The maximum atomic E-state index is 10.00. The molecule has 1 heterocycles. The number of hydrogen-bond donors (Lipinski definition) is 1. The van der Waals surface area contributed by atoms with Crippen LogP contribution >= 0.6 is 0 Å². The van der Waals surface area contributed by atoms with Crippen LogP contribution < -0.4 is 0 Å². The molecule has 1 saturated heterocycles. The molecule has 0 aromatic heterocycles. The fourth-order valence-corrected chi connectivity index (χ4v) is 0.700. The Morgan fingerprint density at radius 3 is 2.89 bits per heavy atom. The molecule has 0 amide bonds. The Bertz CT molecular complexity index is 141. The molecule has 2 unspecified atom stereocenters. The van der Waals surface area contributed by atoms with E-state index < -0.39 is 5.97 Å². The molecule has 0 spiro atoms. The SMILES string of the molecule is C=CC1OC1CC(=O)O. The average molecular weight is 128 g/mol. The molecule has 2 atom stereocenters. The monoisotopic (exact) mass is 128 g/mol. The maximum absolute atomic E-state index is 10.00. The van der Waals surface area contributed by atoms with Crippen LogP contribution in [0.2, 0.25) is 0 Å². The Labute approximate surface area is 52.9 Å². The van der Waals surface area contributed by atoms with Crippen LogP contribution in [0.4, 0.5) is 0 Å². The van der Waals surface area contributed by atoms with Crippen molar-refractivity contribution in [2.75, 3.05) is 0 Å². The zero-order valence-corrected chi connectivity index (χ0v) is 4.91. The van der Waals surface area contributed by atoms with E-state index in [9.17, 15) is 4.79 Å². The van der Waals surface area contributed by atoms with Crippen molar-refractivity contribution in [2.45, 2.75) is 18.6 Å². The lowest BCUT2D eigenvalue weighted by Gasteiger charge is -1.82. The molecular formula is C6H8O3. The number of aliphatic carboxylic acids is 1. The summed E-state index contributed by atoms with van der Waals surface area (Å²) in [6, 6.07) is 0. The van der Waals surface area contributed by atoms with Gasteiger partial charge >= 0.3 is 5.97 Å². The molecule has 1 rings (SSSR count). The van der Waals surface area contributed by atoms with Crippen LogP contribution in [0, 0.1) is 0 Å². The Balaban J connectivity index is 2.19. The summed E-state index contributed by atoms with van der Waals surface area (Å²) in [4.78, 5) is 10.00. The summed E-state index contributed by atoms with van der Waals surface area (Å²) in [7, 11) is 0. The molecule has 3 heteroatoms. The van der Waals surface area contributed by atoms with Crippen LogP contribution in [0.15, 0.2) is 12.7 Å². The zero-order valence-electron chi connectivity index (χ0n) is 4.91. The lowest BCUT2D eigenvalue weighted by Crippen LogP contribution is -2.01. The number of hydrogen-bond acceptors (Lipinski definition) is 2. The van der Waals surface area contributed by atoms with Gasteiger partial charge in [0.2, 0.25) is 0 Å². The third-order valence-electron chi connectivity index (χ3n) is 1.23. The van der Waals surface area contributed by atoms with Gasteiger partial charge in [-0.25, -0.2) is 0 Å². The summed E-state index contributed by atoms with van der Waals surface area (Å²) in [6.07, 6.45) is 1.59. The summed E-state index contributed by atoms with van der Waals surface area (Å²) in [6.45, 7) is 3.46. The summed E-state index contributed by atoms with van der Waals surface area (Å²) in [5.41, 5.74) is 0. The highest BCUT2D eigenvalue weighted by molar-refractivity contribution is 5.68. The minimum absolute atomic E-state index is 0.0129. The van der Waals surface area contributed by atoms with Gasteiger partial charge in [0.25, 0.3) is 0 Å². The molecule has 9 heavy (non-hydrogen) atoms. The van der Waals surface area contributed by atoms with Gasteiger partial charge in [0.05, 0.1) is 12.5 Å². The molecule has 0 radical (unpaired) electrons. The quantitative estimate of drug-likeness (QED) is 0.442. The molecule has 0 aliphatic carbocycles. The molecule has 1 aliphatic rings. The van der Waals surface area contributed by atoms with Gasteiger partial charge in [-0.05, 0) is 0 Å². The average Bonchev–Trinajstić information content (AvgIpc) is 2.45. The van der Waals surface area contributed by atoms with E-state index in [1.807, 2.05) is 0 Å². The minimum Gasteiger partial charge on any atom is -0.481 e. The van der Waals surface area contributed by atoms with E-state index in [-0.39, 0.29) is 18.6 Å². The largest absolute Gasteiger partial charge is 0.481 e. The van der Waals surface area contributed by atoms with Gasteiger partial charge in [-0.2, -0.15) is 0 Å². The third-order valence-corrected chi connectivity index (χ3v) is 1.23. The van der Waals surface area contributed by atoms with Gasteiger partial charge in [-0.1, -0.05) is 6.08 Å². The van der Waals surface area contributed by atoms with Crippen molar-refractivity contribution in [3.05, 3.63) is 12.7 Å². The van der Waals surface area contributed by atoms with E-state index in [4.69, 9.17) is 9.84 Å². The molecule has 0 bridgehead atoms. The number of rotatable bonds is 3. The topological polar surface area (TPSA) is 49.8 Å². The standard InChI is InChI=1S/C6H8O3/c1-2-4-5(9-4)3-6(7)8/h2,4-5H,1,3H2,(H,7,8). The number of carbonyl (C=O) groups is 1. The highest BCUT2D eigenvalue weighted by Gasteiger charge is 2.37. The van der Waals surface area contributed by atoms with Crippen molar-refractivity contribution in [3.63, 3.8) is 0 Å². The first-order valence-electron chi connectivity index (χ1n) is 2.74. The smallest absolute Gasteiger partial charge is 0.306 e. The van der Waals surface area contributed by atoms with Crippen LogP contribution in [-0.2, 0) is 9.53 Å². The molecule has 1 N–H and O–H groups in total.